The van der Waals surface area contributed by atoms with Gasteiger partial charge in [0.05, 0.1) is 22.7 Å². The second-order valence-electron chi connectivity index (χ2n) is 5.62. The summed E-state index contributed by atoms with van der Waals surface area (Å²) in [5.74, 6) is 0.707. The predicted octanol–water partition coefficient (Wildman–Crippen LogP) is 4.52. The Morgan fingerprint density at radius 2 is 2.15 bits per heavy atom. The highest BCUT2D eigenvalue weighted by Gasteiger charge is 2.22. The van der Waals surface area contributed by atoms with E-state index in [-0.39, 0.29) is 0 Å². The highest BCUT2D eigenvalue weighted by molar-refractivity contribution is 6.33. The van der Waals surface area contributed by atoms with Gasteiger partial charge in [0.1, 0.15) is 0 Å². The molecule has 0 saturated heterocycles. The molecule has 106 valence electrons. The van der Waals surface area contributed by atoms with Gasteiger partial charge in [-0.1, -0.05) is 37.4 Å². The summed E-state index contributed by atoms with van der Waals surface area (Å²) in [6, 6.07) is 6.55. The van der Waals surface area contributed by atoms with Gasteiger partial charge in [-0.25, -0.2) is 4.98 Å². The van der Waals surface area contributed by atoms with Crippen LogP contribution in [0.2, 0.25) is 5.02 Å². The molecule has 1 fully saturated rings. The number of aromatic nitrogens is 2. The van der Waals surface area contributed by atoms with E-state index >= 15 is 0 Å². The molecule has 1 saturated carbocycles. The molecule has 2 aromatic rings. The number of benzene rings is 1. The number of rotatable bonds is 3. The minimum atomic E-state index is 0.532. The van der Waals surface area contributed by atoms with Crippen LogP contribution in [0.5, 0.6) is 0 Å². The Morgan fingerprint density at radius 3 is 2.90 bits per heavy atom. The van der Waals surface area contributed by atoms with Gasteiger partial charge in [-0.2, -0.15) is 0 Å². The summed E-state index contributed by atoms with van der Waals surface area (Å²) >= 11 is 6.39. The summed E-state index contributed by atoms with van der Waals surface area (Å²) in [4.78, 5) is 4.12. The quantitative estimate of drug-likeness (QED) is 0.900. The minimum absolute atomic E-state index is 0.532. The molecule has 0 amide bonds. The highest BCUT2D eigenvalue weighted by Crippen LogP contribution is 2.32. The van der Waals surface area contributed by atoms with E-state index in [9.17, 15) is 0 Å². The van der Waals surface area contributed by atoms with Gasteiger partial charge < -0.3 is 9.88 Å². The first-order chi connectivity index (χ1) is 9.75. The highest BCUT2D eigenvalue weighted by atomic mass is 35.5. The largest absolute Gasteiger partial charge is 0.380 e. The fourth-order valence-electron chi connectivity index (χ4n) is 3.02. The molecule has 2 atom stereocenters. The van der Waals surface area contributed by atoms with Crippen LogP contribution in [-0.4, -0.2) is 15.6 Å². The van der Waals surface area contributed by atoms with Crippen LogP contribution < -0.4 is 5.32 Å². The zero-order chi connectivity index (χ0) is 13.9. The summed E-state index contributed by atoms with van der Waals surface area (Å²) in [5.41, 5.74) is 2.08. The molecule has 1 aliphatic carbocycles. The Labute approximate surface area is 125 Å². The Morgan fingerprint density at radius 1 is 1.30 bits per heavy atom. The number of hydrogen-bond donors (Lipinski definition) is 1. The van der Waals surface area contributed by atoms with Gasteiger partial charge in [0.25, 0.3) is 0 Å². The molecular formula is C16H20ClN3. The van der Waals surface area contributed by atoms with E-state index < -0.39 is 0 Å². The Hall–Kier alpha value is -1.48. The summed E-state index contributed by atoms with van der Waals surface area (Å²) < 4.78 is 1.97. The van der Waals surface area contributed by atoms with Crippen molar-refractivity contribution >= 4 is 17.3 Å². The van der Waals surface area contributed by atoms with Gasteiger partial charge in [0, 0.05) is 18.4 Å². The van der Waals surface area contributed by atoms with Gasteiger partial charge in [0.15, 0.2) is 0 Å². The fraction of sp³-hybridized carbons (Fsp3) is 0.438. The van der Waals surface area contributed by atoms with Gasteiger partial charge in [-0.3, -0.25) is 0 Å². The van der Waals surface area contributed by atoms with Crippen LogP contribution >= 0.6 is 11.6 Å². The standard InChI is InChI=1S/C16H20ClN3/c1-12-5-2-3-7-14(12)19-15-8-4-6-13(17)16(15)20-10-9-18-11-20/h4,6,8-12,14,19H,2-3,5,7H2,1H3. The van der Waals surface area contributed by atoms with Crippen molar-refractivity contribution in [3.8, 4) is 5.69 Å². The molecule has 20 heavy (non-hydrogen) atoms. The molecule has 1 aliphatic rings. The van der Waals surface area contributed by atoms with Crippen LogP contribution in [0.1, 0.15) is 32.6 Å². The average Bonchev–Trinajstić information content (AvgIpc) is 2.95. The second kappa shape index (κ2) is 5.88. The average molecular weight is 290 g/mol. The van der Waals surface area contributed by atoms with Crippen LogP contribution in [0.3, 0.4) is 0 Å². The molecule has 0 aliphatic heterocycles. The smallest absolute Gasteiger partial charge is 0.0992 e. The number of nitrogens with zero attached hydrogens (tertiary/aromatic N) is 2. The van der Waals surface area contributed by atoms with Crippen molar-refractivity contribution in [1.29, 1.82) is 0 Å². The number of halogens is 1. The number of hydrogen-bond acceptors (Lipinski definition) is 2. The van der Waals surface area contributed by atoms with E-state index in [1.165, 1.54) is 25.7 Å². The fourth-order valence-corrected chi connectivity index (χ4v) is 3.29. The Kier molecular flexibility index (Phi) is 3.97. The summed E-state index contributed by atoms with van der Waals surface area (Å²) in [5, 5.41) is 4.44. The SMILES string of the molecule is CC1CCCCC1Nc1cccc(Cl)c1-n1ccnc1. The number of imidazole rings is 1. The summed E-state index contributed by atoms with van der Waals surface area (Å²) in [6.45, 7) is 2.33. The lowest BCUT2D eigenvalue weighted by atomic mass is 9.86. The van der Waals surface area contributed by atoms with Crippen LogP contribution in [0.25, 0.3) is 5.69 Å². The van der Waals surface area contributed by atoms with Gasteiger partial charge in [-0.15, -0.1) is 0 Å². The van der Waals surface area contributed by atoms with Crippen LogP contribution in [0.15, 0.2) is 36.9 Å². The van der Waals surface area contributed by atoms with Gasteiger partial charge in [0.2, 0.25) is 0 Å². The zero-order valence-corrected chi connectivity index (χ0v) is 12.5. The van der Waals surface area contributed by atoms with Gasteiger partial charge in [-0.05, 0) is 30.9 Å². The van der Waals surface area contributed by atoms with Crippen molar-refractivity contribution in [1.82, 2.24) is 9.55 Å². The topological polar surface area (TPSA) is 29.9 Å². The maximum absolute atomic E-state index is 6.39. The number of nitrogens with one attached hydrogen (secondary N) is 1. The molecule has 0 bridgehead atoms. The van der Waals surface area contributed by atoms with E-state index in [0.29, 0.717) is 12.0 Å². The number of anilines is 1. The maximum atomic E-state index is 6.39. The molecule has 4 heteroatoms. The summed E-state index contributed by atoms with van der Waals surface area (Å²) in [7, 11) is 0. The minimum Gasteiger partial charge on any atom is -0.380 e. The van der Waals surface area contributed by atoms with Crippen molar-refractivity contribution in [3.63, 3.8) is 0 Å². The Balaban J connectivity index is 1.91. The summed E-state index contributed by atoms with van der Waals surface area (Å²) in [6.07, 6.45) is 10.7. The Bertz CT molecular complexity index is 565. The van der Waals surface area contributed by atoms with E-state index in [1.54, 1.807) is 12.5 Å². The number of para-hydroxylation sites is 1. The molecule has 3 nitrogen and oxygen atoms in total. The molecule has 0 radical (unpaired) electrons. The second-order valence-corrected chi connectivity index (χ2v) is 6.03. The van der Waals surface area contributed by atoms with Gasteiger partial charge >= 0.3 is 0 Å². The van der Waals surface area contributed by atoms with Crippen molar-refractivity contribution in [2.75, 3.05) is 5.32 Å². The van der Waals surface area contributed by atoms with E-state index in [1.807, 2.05) is 22.9 Å². The van der Waals surface area contributed by atoms with Crippen LogP contribution in [0, 0.1) is 5.92 Å². The van der Waals surface area contributed by atoms with Crippen molar-refractivity contribution in [3.05, 3.63) is 41.9 Å². The van der Waals surface area contributed by atoms with Crippen LogP contribution in [-0.2, 0) is 0 Å². The molecular weight excluding hydrogens is 270 g/mol. The molecule has 1 aromatic heterocycles. The molecule has 1 N–H and O–H groups in total. The van der Waals surface area contributed by atoms with Crippen LogP contribution in [0.4, 0.5) is 5.69 Å². The van der Waals surface area contributed by atoms with E-state index in [2.05, 4.69) is 23.3 Å². The van der Waals surface area contributed by atoms with Crippen molar-refractivity contribution < 1.29 is 0 Å². The first-order valence-electron chi connectivity index (χ1n) is 7.29. The molecule has 1 heterocycles. The normalized spacial score (nSPS) is 22.7. The molecule has 3 rings (SSSR count). The third kappa shape index (κ3) is 2.68. The van der Waals surface area contributed by atoms with Crippen molar-refractivity contribution in [2.24, 2.45) is 5.92 Å². The molecule has 1 aromatic carbocycles. The van der Waals surface area contributed by atoms with Crippen molar-refractivity contribution in [2.45, 2.75) is 38.6 Å². The lowest BCUT2D eigenvalue weighted by molar-refractivity contribution is 0.349. The zero-order valence-electron chi connectivity index (χ0n) is 11.7. The first kappa shape index (κ1) is 13.5. The predicted molar refractivity (Wildman–Crippen MR) is 83.6 cm³/mol. The first-order valence-corrected chi connectivity index (χ1v) is 7.67. The lowest BCUT2D eigenvalue weighted by Gasteiger charge is -2.31. The molecule has 2 unspecified atom stereocenters. The third-order valence-electron chi connectivity index (χ3n) is 4.20. The monoisotopic (exact) mass is 289 g/mol. The van der Waals surface area contributed by atoms with E-state index in [4.69, 9.17) is 11.6 Å². The van der Waals surface area contributed by atoms with E-state index in [0.717, 1.165) is 16.4 Å². The maximum Gasteiger partial charge on any atom is 0.0992 e. The molecule has 0 spiro atoms. The lowest BCUT2D eigenvalue weighted by Crippen LogP contribution is -2.30. The third-order valence-corrected chi connectivity index (χ3v) is 4.51.